The first-order valence-electron chi connectivity index (χ1n) is 4.97. The summed E-state index contributed by atoms with van der Waals surface area (Å²) < 4.78 is 0. The molecule has 15 heavy (non-hydrogen) atoms. The zero-order valence-electron chi connectivity index (χ0n) is 8.10. The molecule has 1 aliphatic heterocycles. The van der Waals surface area contributed by atoms with Gasteiger partial charge in [0, 0.05) is 11.6 Å². The molecule has 1 aliphatic rings. The van der Waals surface area contributed by atoms with Crippen LogP contribution in [0.3, 0.4) is 0 Å². The molecule has 0 radical (unpaired) electrons. The van der Waals surface area contributed by atoms with Gasteiger partial charge in [-0.25, -0.2) is 0 Å². The van der Waals surface area contributed by atoms with Gasteiger partial charge in [0.1, 0.15) is 0 Å². The van der Waals surface area contributed by atoms with Gasteiger partial charge in [0.05, 0.1) is 18.0 Å². The Labute approximate surface area is 87.1 Å². The van der Waals surface area contributed by atoms with E-state index in [2.05, 4.69) is 16.4 Å². The molecule has 1 unspecified atom stereocenters. The zero-order chi connectivity index (χ0) is 10.3. The van der Waals surface area contributed by atoms with E-state index < -0.39 is 0 Å². The van der Waals surface area contributed by atoms with E-state index in [-0.39, 0.29) is 11.9 Å². The Balaban J connectivity index is 2.03. The van der Waals surface area contributed by atoms with Gasteiger partial charge in [-0.15, -0.1) is 0 Å². The number of benzene rings is 1. The Kier molecular flexibility index (Phi) is 1.71. The van der Waals surface area contributed by atoms with Crippen LogP contribution >= 0.6 is 0 Å². The Bertz CT molecular complexity index is 528. The Morgan fingerprint density at radius 2 is 2.20 bits per heavy atom. The molecule has 0 saturated carbocycles. The predicted molar refractivity (Wildman–Crippen MR) is 57.2 cm³/mol. The number of carbonyl (C=O) groups is 1. The van der Waals surface area contributed by atoms with Crippen molar-refractivity contribution in [1.82, 2.24) is 10.3 Å². The van der Waals surface area contributed by atoms with E-state index in [9.17, 15) is 4.79 Å². The summed E-state index contributed by atoms with van der Waals surface area (Å²) in [4.78, 5) is 15.1. The van der Waals surface area contributed by atoms with Gasteiger partial charge in [-0.2, -0.15) is 0 Å². The summed E-state index contributed by atoms with van der Waals surface area (Å²) in [7, 11) is 0. The molecule has 0 spiro atoms. The van der Waals surface area contributed by atoms with Gasteiger partial charge in [-0.1, -0.05) is 12.1 Å². The van der Waals surface area contributed by atoms with Crippen molar-refractivity contribution in [3.63, 3.8) is 0 Å². The second kappa shape index (κ2) is 3.05. The van der Waals surface area contributed by atoms with Gasteiger partial charge in [0.15, 0.2) is 0 Å². The number of nitrogens with one attached hydrogen (secondary N) is 1. The van der Waals surface area contributed by atoms with Crippen LogP contribution < -0.4 is 5.32 Å². The monoisotopic (exact) mass is 198 g/mol. The standard InChI is InChI=1S/C12H10N2O/c15-12-7-11(14-12)9-3-4-10-8(6-9)2-1-5-13-10/h1-6,11H,7H2,(H,14,15). The highest BCUT2D eigenvalue weighted by Crippen LogP contribution is 2.26. The van der Waals surface area contributed by atoms with E-state index in [1.807, 2.05) is 24.3 Å². The van der Waals surface area contributed by atoms with Gasteiger partial charge in [0.25, 0.3) is 0 Å². The van der Waals surface area contributed by atoms with Crippen LogP contribution in [-0.4, -0.2) is 10.9 Å². The summed E-state index contributed by atoms with van der Waals surface area (Å²) in [6.07, 6.45) is 2.39. The largest absolute Gasteiger partial charge is 0.349 e. The summed E-state index contributed by atoms with van der Waals surface area (Å²) in [5.74, 6) is 0.131. The van der Waals surface area contributed by atoms with Gasteiger partial charge in [-0.05, 0) is 23.8 Å². The SMILES string of the molecule is O=C1CC(c2ccc3ncccc3c2)N1. The van der Waals surface area contributed by atoms with E-state index in [0.29, 0.717) is 6.42 Å². The molecule has 0 aliphatic carbocycles. The Morgan fingerprint density at radius 3 is 3.00 bits per heavy atom. The maximum Gasteiger partial charge on any atom is 0.222 e. The topological polar surface area (TPSA) is 42.0 Å². The van der Waals surface area contributed by atoms with Crippen LogP contribution in [0, 0.1) is 0 Å². The van der Waals surface area contributed by atoms with Crippen molar-refractivity contribution in [2.24, 2.45) is 0 Å². The minimum atomic E-state index is 0.131. The smallest absolute Gasteiger partial charge is 0.222 e. The lowest BCUT2D eigenvalue weighted by Gasteiger charge is -2.27. The van der Waals surface area contributed by atoms with Gasteiger partial charge in [0.2, 0.25) is 5.91 Å². The third-order valence-electron chi connectivity index (χ3n) is 2.75. The summed E-state index contributed by atoms with van der Waals surface area (Å²) in [5.41, 5.74) is 2.15. The average molecular weight is 198 g/mol. The fraction of sp³-hybridized carbons (Fsp3) is 0.167. The van der Waals surface area contributed by atoms with Crippen molar-refractivity contribution >= 4 is 16.8 Å². The van der Waals surface area contributed by atoms with Crippen molar-refractivity contribution in [2.45, 2.75) is 12.5 Å². The van der Waals surface area contributed by atoms with Gasteiger partial charge < -0.3 is 5.32 Å². The highest BCUT2D eigenvalue weighted by atomic mass is 16.2. The first-order valence-corrected chi connectivity index (χ1v) is 4.97. The zero-order valence-corrected chi connectivity index (χ0v) is 8.10. The minimum absolute atomic E-state index is 0.131. The number of β-lactam (4-membered cyclic amide) rings is 1. The second-order valence-electron chi connectivity index (χ2n) is 3.78. The third kappa shape index (κ3) is 1.36. The number of aromatic nitrogens is 1. The van der Waals surface area contributed by atoms with Crippen molar-refractivity contribution in [2.75, 3.05) is 0 Å². The number of amides is 1. The van der Waals surface area contributed by atoms with Crippen molar-refractivity contribution < 1.29 is 4.79 Å². The lowest BCUT2D eigenvalue weighted by Crippen LogP contribution is -2.41. The van der Waals surface area contributed by atoms with Crippen LogP contribution in [0.5, 0.6) is 0 Å². The van der Waals surface area contributed by atoms with Crippen molar-refractivity contribution in [1.29, 1.82) is 0 Å². The molecule has 0 bridgehead atoms. The highest BCUT2D eigenvalue weighted by Gasteiger charge is 2.26. The number of fused-ring (bicyclic) bond motifs is 1. The molecule has 1 fully saturated rings. The fourth-order valence-corrected chi connectivity index (χ4v) is 1.87. The van der Waals surface area contributed by atoms with E-state index in [0.717, 1.165) is 16.5 Å². The quantitative estimate of drug-likeness (QED) is 0.710. The Hall–Kier alpha value is -1.90. The number of pyridine rings is 1. The lowest BCUT2D eigenvalue weighted by molar-refractivity contribution is -0.128. The lowest BCUT2D eigenvalue weighted by atomic mass is 9.96. The molecule has 3 nitrogen and oxygen atoms in total. The van der Waals surface area contributed by atoms with Crippen LogP contribution in [0.4, 0.5) is 0 Å². The molecule has 1 aromatic heterocycles. The molecule has 1 N–H and O–H groups in total. The second-order valence-corrected chi connectivity index (χ2v) is 3.78. The van der Waals surface area contributed by atoms with Crippen LogP contribution in [-0.2, 0) is 4.79 Å². The first kappa shape index (κ1) is 8.41. The number of rotatable bonds is 1. The molecule has 1 atom stereocenters. The summed E-state index contributed by atoms with van der Waals surface area (Å²) in [6, 6.07) is 10.3. The van der Waals surface area contributed by atoms with Crippen LogP contribution in [0.2, 0.25) is 0 Å². The van der Waals surface area contributed by atoms with Gasteiger partial charge >= 0.3 is 0 Å². The fourth-order valence-electron chi connectivity index (χ4n) is 1.87. The van der Waals surface area contributed by atoms with Crippen LogP contribution in [0.1, 0.15) is 18.0 Å². The predicted octanol–water partition coefficient (Wildman–Crippen LogP) is 1.80. The third-order valence-corrected chi connectivity index (χ3v) is 2.75. The summed E-state index contributed by atoms with van der Waals surface area (Å²) in [6.45, 7) is 0. The average Bonchev–Trinajstić information content (AvgIpc) is 2.24. The molecule has 3 rings (SSSR count). The van der Waals surface area contributed by atoms with Crippen molar-refractivity contribution in [3.05, 3.63) is 42.1 Å². The number of hydrogen-bond donors (Lipinski definition) is 1. The molecule has 3 heteroatoms. The molecule has 1 aromatic carbocycles. The Morgan fingerprint density at radius 1 is 1.33 bits per heavy atom. The van der Waals surface area contributed by atoms with E-state index in [1.165, 1.54) is 0 Å². The van der Waals surface area contributed by atoms with Crippen LogP contribution in [0.15, 0.2) is 36.5 Å². The molecule has 1 saturated heterocycles. The molecule has 2 heterocycles. The number of carbonyl (C=O) groups excluding carboxylic acids is 1. The van der Waals surface area contributed by atoms with E-state index >= 15 is 0 Å². The number of nitrogens with zero attached hydrogens (tertiary/aromatic N) is 1. The highest BCUT2D eigenvalue weighted by molar-refractivity contribution is 5.85. The summed E-state index contributed by atoms with van der Waals surface area (Å²) in [5, 5.41) is 3.99. The van der Waals surface area contributed by atoms with Crippen molar-refractivity contribution in [3.8, 4) is 0 Å². The molecule has 1 amide bonds. The molecular weight excluding hydrogens is 188 g/mol. The van der Waals surface area contributed by atoms with Crippen LogP contribution in [0.25, 0.3) is 10.9 Å². The van der Waals surface area contributed by atoms with Gasteiger partial charge in [-0.3, -0.25) is 9.78 Å². The maximum absolute atomic E-state index is 10.8. The molecular formula is C12H10N2O. The normalized spacial score (nSPS) is 19.7. The summed E-state index contributed by atoms with van der Waals surface area (Å²) >= 11 is 0. The molecule has 2 aromatic rings. The first-order chi connectivity index (χ1) is 7.33. The minimum Gasteiger partial charge on any atom is -0.349 e. The maximum atomic E-state index is 10.8. The van der Waals surface area contributed by atoms with E-state index in [4.69, 9.17) is 0 Å². The molecule has 74 valence electrons. The number of hydrogen-bond acceptors (Lipinski definition) is 2. The van der Waals surface area contributed by atoms with E-state index in [1.54, 1.807) is 6.20 Å².